The van der Waals surface area contributed by atoms with E-state index in [1.807, 2.05) is 12.3 Å². The van der Waals surface area contributed by atoms with E-state index in [0.717, 1.165) is 10.6 Å². The molecule has 0 aliphatic heterocycles. The Hall–Kier alpha value is -1.22. The molecule has 0 aliphatic carbocycles. The normalized spacial score (nSPS) is 12.7. The van der Waals surface area contributed by atoms with Crippen LogP contribution in [0.2, 0.25) is 0 Å². The van der Waals surface area contributed by atoms with Crippen LogP contribution in [-0.2, 0) is 10.8 Å². The summed E-state index contributed by atoms with van der Waals surface area (Å²) in [6, 6.07) is 4.04. The Morgan fingerprint density at radius 3 is 2.11 bits per heavy atom. The van der Waals surface area contributed by atoms with E-state index in [4.69, 9.17) is 4.98 Å². The van der Waals surface area contributed by atoms with Crippen LogP contribution in [0.3, 0.4) is 0 Å². The number of thiazole rings is 1. The Kier molecular flexibility index (Phi) is 3.52. The lowest BCUT2D eigenvalue weighted by Gasteiger charge is -2.24. The SMILES string of the molecule is CC(C)(C)c1nc(-c2cccnc2)sc1C(C)(C)C. The van der Waals surface area contributed by atoms with Crippen LogP contribution in [0.4, 0.5) is 0 Å². The topological polar surface area (TPSA) is 25.8 Å². The minimum Gasteiger partial charge on any atom is -0.264 e. The standard InChI is InChI=1S/C16H22N2S/c1-15(2,3)12-13(16(4,5)6)19-14(18-12)11-8-7-9-17-10-11/h7-10H,1-6H3. The Bertz CT molecular complexity index is 525. The molecule has 2 aromatic rings. The average molecular weight is 274 g/mol. The Morgan fingerprint density at radius 2 is 1.68 bits per heavy atom. The summed E-state index contributed by atoms with van der Waals surface area (Å²) >= 11 is 1.80. The molecule has 2 nitrogen and oxygen atoms in total. The molecule has 0 saturated heterocycles. The van der Waals surface area contributed by atoms with E-state index in [9.17, 15) is 0 Å². The molecule has 0 saturated carbocycles. The van der Waals surface area contributed by atoms with Gasteiger partial charge in [0, 0.05) is 28.2 Å². The van der Waals surface area contributed by atoms with Crippen molar-refractivity contribution in [2.24, 2.45) is 0 Å². The third kappa shape index (κ3) is 3.03. The van der Waals surface area contributed by atoms with Gasteiger partial charge in [-0.25, -0.2) is 4.98 Å². The molecule has 0 amide bonds. The zero-order chi connectivity index (χ0) is 14.3. The van der Waals surface area contributed by atoms with Gasteiger partial charge in [-0.05, 0) is 17.5 Å². The summed E-state index contributed by atoms with van der Waals surface area (Å²) < 4.78 is 0. The zero-order valence-corrected chi connectivity index (χ0v) is 13.4. The van der Waals surface area contributed by atoms with E-state index in [-0.39, 0.29) is 10.8 Å². The molecular formula is C16H22N2S. The molecule has 102 valence electrons. The largest absolute Gasteiger partial charge is 0.264 e. The van der Waals surface area contributed by atoms with Crippen LogP contribution in [0.5, 0.6) is 0 Å². The second-order valence-electron chi connectivity index (χ2n) is 6.94. The molecule has 3 heteroatoms. The predicted molar refractivity (Wildman–Crippen MR) is 82.7 cm³/mol. The van der Waals surface area contributed by atoms with Gasteiger partial charge in [-0.2, -0.15) is 0 Å². The van der Waals surface area contributed by atoms with Crippen molar-refractivity contribution in [1.29, 1.82) is 0 Å². The first kappa shape index (κ1) is 14.2. The first-order valence-corrected chi connectivity index (χ1v) is 7.43. The van der Waals surface area contributed by atoms with Gasteiger partial charge in [0.05, 0.1) is 5.69 Å². The van der Waals surface area contributed by atoms with E-state index in [2.05, 4.69) is 52.6 Å². The summed E-state index contributed by atoms with van der Waals surface area (Å²) in [4.78, 5) is 10.5. The molecule has 0 unspecified atom stereocenters. The van der Waals surface area contributed by atoms with Gasteiger partial charge in [0.15, 0.2) is 0 Å². The lowest BCUT2D eigenvalue weighted by molar-refractivity contribution is 0.527. The minimum atomic E-state index is 0.0690. The van der Waals surface area contributed by atoms with Crippen molar-refractivity contribution in [2.45, 2.75) is 52.4 Å². The van der Waals surface area contributed by atoms with Gasteiger partial charge in [-0.15, -0.1) is 11.3 Å². The van der Waals surface area contributed by atoms with Crippen LogP contribution >= 0.6 is 11.3 Å². The van der Waals surface area contributed by atoms with E-state index < -0.39 is 0 Å². The molecule has 0 aliphatic rings. The van der Waals surface area contributed by atoms with Gasteiger partial charge in [-0.1, -0.05) is 41.5 Å². The summed E-state index contributed by atoms with van der Waals surface area (Å²) in [7, 11) is 0. The van der Waals surface area contributed by atoms with E-state index in [1.54, 1.807) is 17.5 Å². The van der Waals surface area contributed by atoms with Gasteiger partial charge in [0.2, 0.25) is 0 Å². The molecule has 0 fully saturated rings. The fourth-order valence-corrected chi connectivity index (χ4v) is 3.27. The maximum Gasteiger partial charge on any atom is 0.125 e. The van der Waals surface area contributed by atoms with Crippen LogP contribution in [0.15, 0.2) is 24.5 Å². The maximum absolute atomic E-state index is 4.90. The van der Waals surface area contributed by atoms with Crippen molar-refractivity contribution >= 4 is 11.3 Å². The number of pyridine rings is 1. The summed E-state index contributed by atoms with van der Waals surface area (Å²) in [6.07, 6.45) is 3.68. The van der Waals surface area contributed by atoms with Crippen molar-refractivity contribution in [2.75, 3.05) is 0 Å². The Labute approximate surface area is 119 Å². The first-order valence-electron chi connectivity index (χ1n) is 6.62. The summed E-state index contributed by atoms with van der Waals surface area (Å²) in [5, 5.41) is 1.07. The highest BCUT2D eigenvalue weighted by atomic mass is 32.1. The zero-order valence-electron chi connectivity index (χ0n) is 12.6. The molecule has 2 rings (SSSR count). The lowest BCUT2D eigenvalue weighted by atomic mass is 9.84. The van der Waals surface area contributed by atoms with Crippen molar-refractivity contribution in [1.82, 2.24) is 9.97 Å². The number of aromatic nitrogens is 2. The summed E-state index contributed by atoms with van der Waals surface area (Å²) in [6.45, 7) is 13.4. The van der Waals surface area contributed by atoms with Crippen molar-refractivity contribution in [3.8, 4) is 10.6 Å². The Balaban J connectivity index is 2.59. The van der Waals surface area contributed by atoms with Gasteiger partial charge in [0.1, 0.15) is 5.01 Å². The van der Waals surface area contributed by atoms with Crippen molar-refractivity contribution in [3.63, 3.8) is 0 Å². The molecule has 0 spiro atoms. The number of hydrogen-bond acceptors (Lipinski definition) is 3. The summed E-state index contributed by atoms with van der Waals surface area (Å²) in [5.74, 6) is 0. The van der Waals surface area contributed by atoms with Crippen LogP contribution in [0.1, 0.15) is 52.1 Å². The van der Waals surface area contributed by atoms with Crippen LogP contribution in [-0.4, -0.2) is 9.97 Å². The maximum atomic E-state index is 4.90. The third-order valence-electron chi connectivity index (χ3n) is 2.93. The van der Waals surface area contributed by atoms with E-state index >= 15 is 0 Å². The minimum absolute atomic E-state index is 0.0690. The van der Waals surface area contributed by atoms with Crippen LogP contribution in [0, 0.1) is 0 Å². The molecule has 0 aromatic carbocycles. The van der Waals surface area contributed by atoms with Gasteiger partial charge < -0.3 is 0 Å². The van der Waals surface area contributed by atoms with Crippen molar-refractivity contribution in [3.05, 3.63) is 35.1 Å². The fraction of sp³-hybridized carbons (Fsp3) is 0.500. The highest BCUT2D eigenvalue weighted by molar-refractivity contribution is 7.15. The predicted octanol–water partition coefficient (Wildman–Crippen LogP) is 4.80. The number of hydrogen-bond donors (Lipinski definition) is 0. The van der Waals surface area contributed by atoms with Crippen LogP contribution < -0.4 is 0 Å². The third-order valence-corrected chi connectivity index (χ3v) is 4.46. The van der Waals surface area contributed by atoms with Crippen LogP contribution in [0.25, 0.3) is 10.6 Å². The molecule has 2 aromatic heterocycles. The van der Waals surface area contributed by atoms with Gasteiger partial charge >= 0.3 is 0 Å². The molecule has 0 atom stereocenters. The molecule has 2 heterocycles. The number of rotatable bonds is 1. The average Bonchev–Trinajstić information content (AvgIpc) is 2.74. The molecule has 0 radical (unpaired) electrons. The molecule has 0 N–H and O–H groups in total. The quantitative estimate of drug-likeness (QED) is 0.746. The van der Waals surface area contributed by atoms with E-state index in [1.165, 1.54) is 10.6 Å². The lowest BCUT2D eigenvalue weighted by Crippen LogP contribution is -2.20. The highest BCUT2D eigenvalue weighted by Crippen LogP contribution is 2.40. The smallest absolute Gasteiger partial charge is 0.125 e. The first-order chi connectivity index (χ1) is 8.69. The Morgan fingerprint density at radius 1 is 1.00 bits per heavy atom. The number of nitrogens with zero attached hydrogens (tertiary/aromatic N) is 2. The van der Waals surface area contributed by atoms with Crippen molar-refractivity contribution < 1.29 is 0 Å². The second kappa shape index (κ2) is 4.71. The van der Waals surface area contributed by atoms with E-state index in [0.29, 0.717) is 0 Å². The van der Waals surface area contributed by atoms with Gasteiger partial charge in [0.25, 0.3) is 0 Å². The summed E-state index contributed by atoms with van der Waals surface area (Å²) in [5.41, 5.74) is 2.51. The second-order valence-corrected chi connectivity index (χ2v) is 7.94. The molecule has 19 heavy (non-hydrogen) atoms. The highest BCUT2D eigenvalue weighted by Gasteiger charge is 2.29. The monoisotopic (exact) mass is 274 g/mol. The fourth-order valence-electron chi connectivity index (χ4n) is 1.95. The molecular weight excluding hydrogens is 252 g/mol. The molecule has 0 bridgehead atoms. The van der Waals surface area contributed by atoms with Gasteiger partial charge in [-0.3, -0.25) is 4.98 Å².